The first-order valence-corrected chi connectivity index (χ1v) is 6.95. The molecule has 0 atom stereocenters. The Hall–Kier alpha value is -1.13. The molecule has 1 aliphatic carbocycles. The molecule has 17 heavy (non-hydrogen) atoms. The van der Waals surface area contributed by atoms with Gasteiger partial charge in [0.2, 0.25) is 0 Å². The second-order valence-electron chi connectivity index (χ2n) is 4.60. The Morgan fingerprint density at radius 2 is 2.29 bits per heavy atom. The highest BCUT2D eigenvalue weighted by Crippen LogP contribution is 2.28. The van der Waals surface area contributed by atoms with Crippen molar-refractivity contribution in [3.05, 3.63) is 28.0 Å². The summed E-state index contributed by atoms with van der Waals surface area (Å²) in [4.78, 5) is 13.9. The van der Waals surface area contributed by atoms with Crippen molar-refractivity contribution in [3.63, 3.8) is 0 Å². The molecule has 0 unspecified atom stereocenters. The van der Waals surface area contributed by atoms with Gasteiger partial charge in [0.1, 0.15) is 0 Å². The molecule has 2 heterocycles. The lowest BCUT2D eigenvalue weighted by molar-refractivity contribution is 0.0955. The van der Waals surface area contributed by atoms with E-state index in [0.717, 1.165) is 37.2 Å². The van der Waals surface area contributed by atoms with Gasteiger partial charge in [0.25, 0.3) is 5.91 Å². The number of rotatable bonds is 3. The van der Waals surface area contributed by atoms with Gasteiger partial charge in [0.05, 0.1) is 4.88 Å². The summed E-state index contributed by atoms with van der Waals surface area (Å²) < 4.78 is 0. The number of carbonyl (C=O) groups is 1. The molecule has 3 rings (SSSR count). The number of hydrogen-bond donors (Lipinski definition) is 2. The predicted octanol–water partition coefficient (Wildman–Crippen LogP) is 2.02. The molecular formula is C13H16N2OS. The molecule has 0 radical (unpaired) electrons. The van der Waals surface area contributed by atoms with E-state index in [9.17, 15) is 4.79 Å². The van der Waals surface area contributed by atoms with E-state index in [-0.39, 0.29) is 5.91 Å². The van der Waals surface area contributed by atoms with Crippen LogP contribution in [0, 0.1) is 0 Å². The molecule has 2 N–H and O–H groups in total. The van der Waals surface area contributed by atoms with Gasteiger partial charge in [-0.15, -0.1) is 11.3 Å². The van der Waals surface area contributed by atoms with E-state index in [1.54, 1.807) is 11.3 Å². The van der Waals surface area contributed by atoms with Crippen molar-refractivity contribution in [1.82, 2.24) is 10.6 Å². The number of amides is 1. The maximum atomic E-state index is 11.9. The van der Waals surface area contributed by atoms with Crippen LogP contribution in [0.4, 0.5) is 0 Å². The normalized spacial score (nSPS) is 19.9. The second-order valence-corrected chi connectivity index (χ2v) is 5.68. The quantitative estimate of drug-likeness (QED) is 0.859. The van der Waals surface area contributed by atoms with Crippen LogP contribution >= 0.6 is 11.3 Å². The average Bonchev–Trinajstić information content (AvgIpc) is 3.04. The third-order valence-corrected chi connectivity index (χ3v) is 4.28. The molecular weight excluding hydrogens is 232 g/mol. The number of nitrogens with one attached hydrogen (secondary N) is 2. The summed E-state index contributed by atoms with van der Waals surface area (Å²) in [6, 6.07) is 4.45. The van der Waals surface area contributed by atoms with Crippen molar-refractivity contribution < 1.29 is 4.79 Å². The van der Waals surface area contributed by atoms with Gasteiger partial charge in [-0.25, -0.2) is 0 Å². The fourth-order valence-corrected chi connectivity index (χ4v) is 2.94. The SMILES string of the molecule is O=C(NC1CC1)c1ccc(C2=CCNCC2)s1. The zero-order chi connectivity index (χ0) is 11.7. The fourth-order valence-electron chi connectivity index (χ4n) is 1.96. The summed E-state index contributed by atoms with van der Waals surface area (Å²) in [6.07, 6.45) is 5.56. The summed E-state index contributed by atoms with van der Waals surface area (Å²) in [7, 11) is 0. The van der Waals surface area contributed by atoms with E-state index in [1.807, 2.05) is 6.07 Å². The highest BCUT2D eigenvalue weighted by Gasteiger charge is 2.24. The van der Waals surface area contributed by atoms with E-state index in [4.69, 9.17) is 0 Å². The van der Waals surface area contributed by atoms with Gasteiger partial charge in [-0.1, -0.05) is 6.08 Å². The van der Waals surface area contributed by atoms with Crippen LogP contribution in [0.3, 0.4) is 0 Å². The summed E-state index contributed by atoms with van der Waals surface area (Å²) in [5.41, 5.74) is 1.37. The molecule has 1 aromatic rings. The summed E-state index contributed by atoms with van der Waals surface area (Å²) in [6.45, 7) is 1.98. The summed E-state index contributed by atoms with van der Waals surface area (Å²) in [5.74, 6) is 0.0956. The molecule has 0 bridgehead atoms. The molecule has 1 fully saturated rings. The molecule has 4 heteroatoms. The predicted molar refractivity (Wildman–Crippen MR) is 70.3 cm³/mol. The van der Waals surface area contributed by atoms with Crippen molar-refractivity contribution in [2.24, 2.45) is 0 Å². The number of carbonyl (C=O) groups excluding carboxylic acids is 1. The molecule has 1 amide bonds. The minimum Gasteiger partial charge on any atom is -0.349 e. The number of hydrogen-bond acceptors (Lipinski definition) is 3. The molecule has 0 aromatic carbocycles. The monoisotopic (exact) mass is 248 g/mol. The van der Waals surface area contributed by atoms with E-state index < -0.39 is 0 Å². The molecule has 2 aliphatic rings. The van der Waals surface area contributed by atoms with Crippen LogP contribution in [0.15, 0.2) is 18.2 Å². The Balaban J connectivity index is 1.72. The Morgan fingerprint density at radius 1 is 1.41 bits per heavy atom. The minimum absolute atomic E-state index is 0.0956. The molecule has 1 saturated carbocycles. The van der Waals surface area contributed by atoms with Crippen molar-refractivity contribution in [2.75, 3.05) is 13.1 Å². The lowest BCUT2D eigenvalue weighted by Crippen LogP contribution is -2.24. The highest BCUT2D eigenvalue weighted by atomic mass is 32.1. The maximum Gasteiger partial charge on any atom is 0.261 e. The van der Waals surface area contributed by atoms with Gasteiger partial charge in [-0.2, -0.15) is 0 Å². The van der Waals surface area contributed by atoms with Crippen molar-refractivity contribution >= 4 is 22.8 Å². The van der Waals surface area contributed by atoms with E-state index in [2.05, 4.69) is 22.8 Å². The standard InChI is InChI=1S/C13H16N2OS/c16-13(15-10-1-2-10)12-4-3-11(17-12)9-5-7-14-8-6-9/h3-5,10,14H,1-2,6-8H2,(H,15,16). The highest BCUT2D eigenvalue weighted by molar-refractivity contribution is 7.15. The first-order valence-electron chi connectivity index (χ1n) is 6.14. The van der Waals surface area contributed by atoms with E-state index in [0.29, 0.717) is 6.04 Å². The van der Waals surface area contributed by atoms with Crippen LogP contribution in [-0.4, -0.2) is 25.0 Å². The second kappa shape index (κ2) is 4.63. The van der Waals surface area contributed by atoms with Crippen LogP contribution in [0.1, 0.15) is 33.8 Å². The average molecular weight is 248 g/mol. The molecule has 1 aliphatic heterocycles. The van der Waals surface area contributed by atoms with E-state index in [1.165, 1.54) is 10.5 Å². The van der Waals surface area contributed by atoms with Gasteiger partial charge in [-0.05, 0) is 43.5 Å². The fraction of sp³-hybridized carbons (Fsp3) is 0.462. The third kappa shape index (κ3) is 2.58. The first kappa shape index (κ1) is 11.0. The van der Waals surface area contributed by atoms with Gasteiger partial charge in [0.15, 0.2) is 0 Å². The zero-order valence-electron chi connectivity index (χ0n) is 9.66. The Kier molecular flexibility index (Phi) is 2.99. The van der Waals surface area contributed by atoms with Crippen LogP contribution in [0.25, 0.3) is 5.57 Å². The van der Waals surface area contributed by atoms with Crippen LogP contribution in [0.5, 0.6) is 0 Å². The largest absolute Gasteiger partial charge is 0.349 e. The molecule has 0 saturated heterocycles. The van der Waals surface area contributed by atoms with Crippen LogP contribution in [-0.2, 0) is 0 Å². The topological polar surface area (TPSA) is 41.1 Å². The zero-order valence-corrected chi connectivity index (χ0v) is 10.5. The summed E-state index contributed by atoms with van der Waals surface area (Å²) >= 11 is 1.61. The summed E-state index contributed by atoms with van der Waals surface area (Å²) in [5, 5.41) is 6.32. The van der Waals surface area contributed by atoms with Crippen molar-refractivity contribution in [3.8, 4) is 0 Å². The maximum absolute atomic E-state index is 11.9. The Labute approximate surface area is 105 Å². The van der Waals surface area contributed by atoms with Crippen molar-refractivity contribution in [2.45, 2.75) is 25.3 Å². The molecule has 1 aromatic heterocycles. The lowest BCUT2D eigenvalue weighted by atomic mass is 10.1. The molecule has 3 nitrogen and oxygen atoms in total. The Bertz CT molecular complexity index is 460. The van der Waals surface area contributed by atoms with Gasteiger partial charge in [-0.3, -0.25) is 4.79 Å². The lowest BCUT2D eigenvalue weighted by Gasteiger charge is -2.11. The van der Waals surface area contributed by atoms with Gasteiger partial charge < -0.3 is 10.6 Å². The molecule has 90 valence electrons. The van der Waals surface area contributed by atoms with Gasteiger partial charge >= 0.3 is 0 Å². The smallest absolute Gasteiger partial charge is 0.261 e. The first-order chi connectivity index (χ1) is 8.33. The van der Waals surface area contributed by atoms with Gasteiger partial charge in [0, 0.05) is 17.5 Å². The number of thiophene rings is 1. The molecule has 0 spiro atoms. The minimum atomic E-state index is 0.0956. The van der Waals surface area contributed by atoms with Crippen molar-refractivity contribution in [1.29, 1.82) is 0 Å². The van der Waals surface area contributed by atoms with E-state index >= 15 is 0 Å². The Morgan fingerprint density at radius 3 is 3.00 bits per heavy atom. The van der Waals surface area contributed by atoms with Crippen LogP contribution < -0.4 is 10.6 Å². The van der Waals surface area contributed by atoms with Crippen LogP contribution in [0.2, 0.25) is 0 Å². The third-order valence-electron chi connectivity index (χ3n) is 3.12.